The molecule has 3 aromatic carbocycles. The summed E-state index contributed by atoms with van der Waals surface area (Å²) in [6, 6.07) is 32.4. The number of benzene rings is 3. The number of pyridine rings is 3. The van der Waals surface area contributed by atoms with Crippen LogP contribution in [0.3, 0.4) is 0 Å². The number of hydrogen-bond donors (Lipinski definition) is 0. The number of fused-ring (bicyclic) bond motifs is 6. The molecule has 0 aliphatic rings. The van der Waals surface area contributed by atoms with Crippen molar-refractivity contribution in [1.82, 2.24) is 15.0 Å². The maximum Gasteiger partial charge on any atom is 0.0894 e. The van der Waals surface area contributed by atoms with E-state index in [0.717, 1.165) is 16.6 Å². The van der Waals surface area contributed by atoms with E-state index in [9.17, 15) is 0 Å². The molecule has 0 bridgehead atoms. The van der Waals surface area contributed by atoms with Gasteiger partial charge in [-0.3, -0.25) is 15.0 Å². The van der Waals surface area contributed by atoms with Crippen LogP contribution in [-0.2, 0) is 0 Å². The predicted molar refractivity (Wildman–Crippen MR) is 162 cm³/mol. The third-order valence-electron chi connectivity index (χ3n) is 7.13. The van der Waals surface area contributed by atoms with Crippen molar-refractivity contribution in [2.75, 3.05) is 0 Å². The Balaban J connectivity index is 1.43. The molecule has 0 saturated carbocycles. The fourth-order valence-electron chi connectivity index (χ4n) is 5.37. The number of nitrogens with zero attached hydrogens (tertiary/aromatic N) is 3. The topological polar surface area (TPSA) is 38.7 Å². The minimum atomic E-state index is 1.06. The Morgan fingerprint density at radius 2 is 1.05 bits per heavy atom. The Kier molecular flexibility index (Phi) is 4.87. The van der Waals surface area contributed by atoms with Crippen LogP contribution in [0.25, 0.3) is 74.0 Å². The Labute approximate surface area is 226 Å². The zero-order valence-electron chi connectivity index (χ0n) is 20.1. The second-order valence-corrected chi connectivity index (χ2v) is 11.4. The fourth-order valence-corrected chi connectivity index (χ4v) is 7.75. The summed E-state index contributed by atoms with van der Waals surface area (Å²) in [4.78, 5) is 13.8. The summed E-state index contributed by atoms with van der Waals surface area (Å²) in [6.45, 7) is 0. The maximum atomic E-state index is 4.80. The second kappa shape index (κ2) is 8.55. The first kappa shape index (κ1) is 21.6. The molecule has 0 unspecified atom stereocenters. The molecule has 0 spiro atoms. The Morgan fingerprint density at radius 1 is 0.447 bits per heavy atom. The molecule has 5 heterocycles. The molecule has 8 rings (SSSR count). The third kappa shape index (κ3) is 3.29. The van der Waals surface area contributed by atoms with Gasteiger partial charge in [-0.2, -0.15) is 0 Å². The molecule has 0 fully saturated rings. The molecule has 5 aromatic heterocycles. The van der Waals surface area contributed by atoms with Gasteiger partial charge in [0.15, 0.2) is 0 Å². The van der Waals surface area contributed by atoms with Crippen molar-refractivity contribution in [3.05, 3.63) is 116 Å². The standard InChI is InChI=1S/C33H19N3S2/c1-3-7-28-25(5-1)30-32(37-28)23(13-17-35-30)21-9-10-22(20-11-15-34-16-12-20)27(19-21)24-14-18-36-31-26-6-2-4-8-29(26)38-33(24)31/h1-19H. The molecule has 38 heavy (non-hydrogen) atoms. The monoisotopic (exact) mass is 521 g/mol. The van der Waals surface area contributed by atoms with E-state index in [4.69, 9.17) is 9.97 Å². The van der Waals surface area contributed by atoms with Crippen molar-refractivity contribution < 1.29 is 0 Å². The van der Waals surface area contributed by atoms with Crippen LogP contribution in [0.5, 0.6) is 0 Å². The molecule has 0 aliphatic carbocycles. The van der Waals surface area contributed by atoms with Crippen LogP contribution in [-0.4, -0.2) is 15.0 Å². The summed E-state index contributed by atoms with van der Waals surface area (Å²) in [7, 11) is 0. The van der Waals surface area contributed by atoms with Gasteiger partial charge in [-0.15, -0.1) is 22.7 Å². The average Bonchev–Trinajstić information content (AvgIpc) is 3.56. The summed E-state index contributed by atoms with van der Waals surface area (Å²) in [5.74, 6) is 0. The normalized spacial score (nSPS) is 11.7. The molecule has 8 aromatic rings. The average molecular weight is 522 g/mol. The van der Waals surface area contributed by atoms with E-state index < -0.39 is 0 Å². The van der Waals surface area contributed by atoms with Crippen LogP contribution in [0.2, 0.25) is 0 Å². The lowest BCUT2D eigenvalue weighted by molar-refractivity contribution is 1.33. The van der Waals surface area contributed by atoms with E-state index in [1.54, 1.807) is 0 Å². The van der Waals surface area contributed by atoms with Gasteiger partial charge in [0.2, 0.25) is 0 Å². The van der Waals surface area contributed by atoms with Crippen molar-refractivity contribution in [1.29, 1.82) is 0 Å². The summed E-state index contributed by atoms with van der Waals surface area (Å²) >= 11 is 3.62. The Morgan fingerprint density at radius 3 is 1.74 bits per heavy atom. The van der Waals surface area contributed by atoms with Crippen LogP contribution in [0.4, 0.5) is 0 Å². The number of rotatable bonds is 3. The number of hydrogen-bond acceptors (Lipinski definition) is 5. The van der Waals surface area contributed by atoms with Crippen molar-refractivity contribution in [2.24, 2.45) is 0 Å². The van der Waals surface area contributed by atoms with Crippen LogP contribution in [0, 0.1) is 0 Å². The molecule has 0 amide bonds. The largest absolute Gasteiger partial charge is 0.265 e. The molecule has 0 aliphatic heterocycles. The van der Waals surface area contributed by atoms with Gasteiger partial charge in [0, 0.05) is 56.1 Å². The summed E-state index contributed by atoms with van der Waals surface area (Å²) in [5, 5.41) is 2.42. The van der Waals surface area contributed by atoms with E-state index >= 15 is 0 Å². The van der Waals surface area contributed by atoms with Gasteiger partial charge < -0.3 is 0 Å². The fraction of sp³-hybridized carbons (Fsp3) is 0. The van der Waals surface area contributed by atoms with Gasteiger partial charge in [-0.05, 0) is 64.7 Å². The van der Waals surface area contributed by atoms with Crippen molar-refractivity contribution in [2.45, 2.75) is 0 Å². The summed E-state index contributed by atoms with van der Waals surface area (Å²) < 4.78 is 4.95. The first-order chi connectivity index (χ1) is 18.8. The molecular weight excluding hydrogens is 503 g/mol. The second-order valence-electron chi connectivity index (χ2n) is 9.27. The maximum absolute atomic E-state index is 4.80. The zero-order valence-corrected chi connectivity index (χ0v) is 21.8. The molecule has 0 saturated heterocycles. The van der Waals surface area contributed by atoms with Crippen molar-refractivity contribution in [3.63, 3.8) is 0 Å². The van der Waals surface area contributed by atoms with Gasteiger partial charge in [0.1, 0.15) is 0 Å². The minimum absolute atomic E-state index is 1.06. The lowest BCUT2D eigenvalue weighted by atomic mass is 9.91. The molecular formula is C33H19N3S2. The quantitative estimate of drug-likeness (QED) is 0.232. The SMILES string of the molecule is c1ccc2c(c1)sc1c(-c3ccc(-c4ccncc4)c(-c4ccnc5c4sc4ccccc45)c3)ccnc12. The van der Waals surface area contributed by atoms with E-state index in [2.05, 4.69) is 96.0 Å². The van der Waals surface area contributed by atoms with E-state index in [0.29, 0.717) is 0 Å². The summed E-state index contributed by atoms with van der Waals surface area (Å²) in [5.41, 5.74) is 9.24. The smallest absolute Gasteiger partial charge is 0.0894 e. The highest BCUT2D eigenvalue weighted by atomic mass is 32.1. The Bertz CT molecular complexity index is 2140. The first-order valence-electron chi connectivity index (χ1n) is 12.4. The summed E-state index contributed by atoms with van der Waals surface area (Å²) in [6.07, 6.45) is 7.59. The highest BCUT2D eigenvalue weighted by Crippen LogP contribution is 2.44. The van der Waals surface area contributed by atoms with Crippen molar-refractivity contribution in [3.8, 4) is 33.4 Å². The Hall–Kier alpha value is -4.45. The highest BCUT2D eigenvalue weighted by Gasteiger charge is 2.17. The van der Waals surface area contributed by atoms with Gasteiger partial charge in [-0.1, -0.05) is 48.5 Å². The highest BCUT2D eigenvalue weighted by molar-refractivity contribution is 7.26. The first-order valence-corrected chi connectivity index (χ1v) is 14.1. The van der Waals surface area contributed by atoms with E-state index in [1.165, 1.54) is 57.4 Å². The molecule has 5 heteroatoms. The van der Waals surface area contributed by atoms with Gasteiger partial charge in [0.05, 0.1) is 20.4 Å². The predicted octanol–water partition coefficient (Wildman–Crippen LogP) is 9.61. The third-order valence-corrected chi connectivity index (χ3v) is 9.52. The van der Waals surface area contributed by atoms with Crippen LogP contribution >= 0.6 is 22.7 Å². The van der Waals surface area contributed by atoms with Crippen LogP contribution in [0.1, 0.15) is 0 Å². The van der Waals surface area contributed by atoms with E-state index in [1.807, 2.05) is 47.5 Å². The van der Waals surface area contributed by atoms with Gasteiger partial charge in [-0.25, -0.2) is 0 Å². The van der Waals surface area contributed by atoms with Crippen LogP contribution in [0.15, 0.2) is 116 Å². The lowest BCUT2D eigenvalue weighted by Gasteiger charge is -2.14. The molecule has 0 atom stereocenters. The van der Waals surface area contributed by atoms with Gasteiger partial charge in [0.25, 0.3) is 0 Å². The molecule has 178 valence electrons. The van der Waals surface area contributed by atoms with Crippen LogP contribution < -0.4 is 0 Å². The zero-order chi connectivity index (χ0) is 25.1. The molecule has 3 nitrogen and oxygen atoms in total. The van der Waals surface area contributed by atoms with Crippen molar-refractivity contribution >= 4 is 63.3 Å². The minimum Gasteiger partial charge on any atom is -0.265 e. The van der Waals surface area contributed by atoms with E-state index in [-0.39, 0.29) is 0 Å². The number of aromatic nitrogens is 3. The lowest BCUT2D eigenvalue weighted by Crippen LogP contribution is -1.89. The molecule has 0 N–H and O–H groups in total. The molecule has 0 radical (unpaired) electrons. The van der Waals surface area contributed by atoms with Gasteiger partial charge >= 0.3 is 0 Å². The number of thiophene rings is 2.